The van der Waals surface area contributed by atoms with Crippen LogP contribution in [0.25, 0.3) is 0 Å². The number of nitrogens with zero attached hydrogens (tertiary/aromatic N) is 1. The molecule has 2 aromatic rings. The van der Waals surface area contributed by atoms with E-state index in [1.807, 2.05) is 58.0 Å². The second kappa shape index (κ2) is 13.1. The van der Waals surface area contributed by atoms with Gasteiger partial charge < -0.3 is 25.3 Å². The Balaban J connectivity index is 0.000000331. The topological polar surface area (TPSA) is 135 Å². The van der Waals surface area contributed by atoms with Crippen LogP contribution in [0, 0.1) is 0 Å². The molecule has 0 saturated heterocycles. The second-order valence-corrected chi connectivity index (χ2v) is 8.23. The largest absolute Gasteiger partial charge is 0.507 e. The first-order valence-corrected chi connectivity index (χ1v) is 10.8. The van der Waals surface area contributed by atoms with Crippen LogP contribution in [0.15, 0.2) is 42.5 Å². The fraction of sp³-hybridized carbons (Fsp3) is 0.400. The Hall–Kier alpha value is -3.55. The summed E-state index contributed by atoms with van der Waals surface area (Å²) in [6.45, 7) is 8.37. The first kappa shape index (κ1) is 27.5. The van der Waals surface area contributed by atoms with Gasteiger partial charge >= 0.3 is 17.9 Å². The number of carboxylic acid groups (broad SMARTS) is 3. The Morgan fingerprint density at radius 3 is 1.55 bits per heavy atom. The van der Waals surface area contributed by atoms with Gasteiger partial charge in [0.05, 0.1) is 18.4 Å². The van der Waals surface area contributed by atoms with E-state index in [4.69, 9.17) is 15.3 Å². The van der Waals surface area contributed by atoms with Gasteiger partial charge in [0.25, 0.3) is 0 Å². The van der Waals surface area contributed by atoms with Crippen molar-refractivity contribution in [3.8, 4) is 5.75 Å². The molecule has 2 aromatic carbocycles. The number of rotatable bonds is 10. The van der Waals surface area contributed by atoms with E-state index in [9.17, 15) is 19.5 Å². The number of aromatic carboxylic acids is 1. The van der Waals surface area contributed by atoms with Gasteiger partial charge in [0.1, 0.15) is 5.75 Å². The molecule has 0 spiro atoms. The van der Waals surface area contributed by atoms with Crippen LogP contribution in [0.3, 0.4) is 0 Å². The predicted molar refractivity (Wildman–Crippen MR) is 126 cm³/mol. The van der Waals surface area contributed by atoms with Crippen molar-refractivity contribution in [1.29, 1.82) is 0 Å². The standard InChI is InChI=1S/C13H18O3.C12H15NO4/c1-7(2)10-5-9(13(15)16)6-11(8(3)4)12(10)14;14-11(15)6-8-13(9-7-12(16)17)10-4-2-1-3-5-10/h5-8,14H,1-4H3,(H,15,16);1-5H,6-9H2,(H,14,15)(H,16,17). The zero-order valence-corrected chi connectivity index (χ0v) is 19.5. The number of phenols is 1. The lowest BCUT2D eigenvalue weighted by Crippen LogP contribution is -2.28. The van der Waals surface area contributed by atoms with Crippen LogP contribution in [-0.4, -0.2) is 51.4 Å². The number of carbonyl (C=O) groups is 3. The number of phenolic OH excluding ortho intramolecular Hbond substituents is 1. The maximum atomic E-state index is 11.0. The summed E-state index contributed by atoms with van der Waals surface area (Å²) in [5, 5.41) is 36.3. The molecule has 0 saturated carbocycles. The van der Waals surface area contributed by atoms with Gasteiger partial charge in [-0.3, -0.25) is 9.59 Å². The van der Waals surface area contributed by atoms with Crippen molar-refractivity contribution in [2.45, 2.75) is 52.4 Å². The zero-order chi connectivity index (χ0) is 25.1. The van der Waals surface area contributed by atoms with Crippen LogP contribution in [0.1, 0.15) is 73.9 Å². The average molecular weight is 460 g/mol. The minimum Gasteiger partial charge on any atom is -0.507 e. The monoisotopic (exact) mass is 459 g/mol. The average Bonchev–Trinajstić information content (AvgIpc) is 2.74. The van der Waals surface area contributed by atoms with Crippen molar-refractivity contribution < 1.29 is 34.8 Å². The van der Waals surface area contributed by atoms with E-state index in [0.29, 0.717) is 24.2 Å². The fourth-order valence-electron chi connectivity index (χ4n) is 3.15. The quantitative estimate of drug-likeness (QED) is 0.399. The van der Waals surface area contributed by atoms with Gasteiger partial charge in [0.15, 0.2) is 0 Å². The van der Waals surface area contributed by atoms with Crippen LogP contribution in [0.5, 0.6) is 5.75 Å². The normalized spacial score (nSPS) is 10.5. The summed E-state index contributed by atoms with van der Waals surface area (Å²) in [5.74, 6) is -2.28. The number of para-hydroxylation sites is 1. The van der Waals surface area contributed by atoms with Crippen molar-refractivity contribution in [2.24, 2.45) is 0 Å². The molecule has 0 bridgehead atoms. The van der Waals surface area contributed by atoms with Crippen LogP contribution in [0.4, 0.5) is 5.69 Å². The van der Waals surface area contributed by atoms with Gasteiger partial charge in [-0.2, -0.15) is 0 Å². The third-order valence-corrected chi connectivity index (χ3v) is 4.97. The SMILES string of the molecule is CC(C)c1cc(C(=O)O)cc(C(C)C)c1O.O=C(O)CCN(CCC(=O)O)c1ccccc1. The Labute approximate surface area is 194 Å². The van der Waals surface area contributed by atoms with Crippen LogP contribution >= 0.6 is 0 Å². The van der Waals surface area contributed by atoms with Crippen molar-refractivity contribution in [3.63, 3.8) is 0 Å². The first-order valence-electron chi connectivity index (χ1n) is 10.8. The van der Waals surface area contributed by atoms with E-state index < -0.39 is 17.9 Å². The van der Waals surface area contributed by atoms with Crippen LogP contribution in [0.2, 0.25) is 0 Å². The maximum absolute atomic E-state index is 11.0. The molecule has 0 unspecified atom stereocenters. The molecular weight excluding hydrogens is 426 g/mol. The molecule has 0 aliphatic carbocycles. The Kier molecular flexibility index (Phi) is 10.9. The number of aromatic hydroxyl groups is 1. The molecule has 33 heavy (non-hydrogen) atoms. The van der Waals surface area contributed by atoms with E-state index in [0.717, 1.165) is 5.69 Å². The number of hydrogen-bond donors (Lipinski definition) is 4. The van der Waals surface area contributed by atoms with E-state index >= 15 is 0 Å². The molecule has 180 valence electrons. The highest BCUT2D eigenvalue weighted by molar-refractivity contribution is 5.88. The molecule has 2 rings (SSSR count). The van der Waals surface area contributed by atoms with E-state index in [2.05, 4.69) is 0 Å². The molecule has 4 N–H and O–H groups in total. The Morgan fingerprint density at radius 2 is 1.21 bits per heavy atom. The van der Waals surface area contributed by atoms with Crippen molar-refractivity contribution in [2.75, 3.05) is 18.0 Å². The number of anilines is 1. The highest BCUT2D eigenvalue weighted by Crippen LogP contribution is 2.34. The third kappa shape index (κ3) is 9.22. The van der Waals surface area contributed by atoms with E-state index in [1.54, 1.807) is 17.0 Å². The van der Waals surface area contributed by atoms with Gasteiger partial charge in [-0.25, -0.2) is 4.79 Å². The maximum Gasteiger partial charge on any atom is 0.335 e. The molecule has 0 amide bonds. The lowest BCUT2D eigenvalue weighted by atomic mass is 9.91. The fourth-order valence-corrected chi connectivity index (χ4v) is 3.15. The van der Waals surface area contributed by atoms with Gasteiger partial charge in [-0.05, 0) is 47.2 Å². The number of aliphatic carboxylic acids is 2. The highest BCUT2D eigenvalue weighted by atomic mass is 16.4. The third-order valence-electron chi connectivity index (χ3n) is 4.97. The Morgan fingerprint density at radius 1 is 0.788 bits per heavy atom. The summed E-state index contributed by atoms with van der Waals surface area (Å²) in [5.41, 5.74) is 2.48. The van der Waals surface area contributed by atoms with Gasteiger partial charge in [-0.1, -0.05) is 45.9 Å². The number of benzene rings is 2. The molecule has 0 radical (unpaired) electrons. The molecule has 0 aromatic heterocycles. The number of carboxylic acids is 3. The van der Waals surface area contributed by atoms with Crippen molar-refractivity contribution in [3.05, 3.63) is 59.2 Å². The summed E-state index contributed by atoms with van der Waals surface area (Å²) in [6, 6.07) is 12.3. The molecule has 0 atom stereocenters. The lowest BCUT2D eigenvalue weighted by Gasteiger charge is -2.23. The predicted octanol–water partition coefficient (Wildman–Crippen LogP) is 4.78. The minimum absolute atomic E-state index is 0.00544. The smallest absolute Gasteiger partial charge is 0.335 e. The summed E-state index contributed by atoms with van der Waals surface area (Å²) in [6.07, 6.45) is -0.0109. The van der Waals surface area contributed by atoms with Gasteiger partial charge in [0, 0.05) is 18.8 Å². The van der Waals surface area contributed by atoms with E-state index in [-0.39, 0.29) is 36.0 Å². The van der Waals surface area contributed by atoms with Gasteiger partial charge in [-0.15, -0.1) is 0 Å². The zero-order valence-electron chi connectivity index (χ0n) is 19.5. The minimum atomic E-state index is -0.955. The van der Waals surface area contributed by atoms with Crippen molar-refractivity contribution in [1.82, 2.24) is 0 Å². The van der Waals surface area contributed by atoms with Crippen molar-refractivity contribution >= 4 is 23.6 Å². The lowest BCUT2D eigenvalue weighted by molar-refractivity contribution is -0.137. The summed E-state index contributed by atoms with van der Waals surface area (Å²) >= 11 is 0. The first-order chi connectivity index (χ1) is 15.4. The molecule has 0 aliphatic rings. The molecule has 8 nitrogen and oxygen atoms in total. The van der Waals surface area contributed by atoms with Crippen LogP contribution in [-0.2, 0) is 9.59 Å². The molecule has 0 heterocycles. The summed E-state index contributed by atoms with van der Waals surface area (Å²) in [7, 11) is 0. The molecule has 0 fully saturated rings. The van der Waals surface area contributed by atoms with Crippen LogP contribution < -0.4 is 4.90 Å². The van der Waals surface area contributed by atoms with E-state index in [1.165, 1.54) is 0 Å². The molecular formula is C25H33NO7. The van der Waals surface area contributed by atoms with Gasteiger partial charge in [0.2, 0.25) is 0 Å². The summed E-state index contributed by atoms with van der Waals surface area (Å²) in [4.78, 5) is 33.8. The second-order valence-electron chi connectivity index (χ2n) is 8.23. The highest BCUT2D eigenvalue weighted by Gasteiger charge is 2.17. The summed E-state index contributed by atoms with van der Waals surface area (Å²) < 4.78 is 0. The molecule has 0 aliphatic heterocycles. The molecule has 8 heteroatoms. The Bertz CT molecular complexity index is 892. The number of hydrogen-bond acceptors (Lipinski definition) is 5.